The summed E-state index contributed by atoms with van der Waals surface area (Å²) >= 11 is 0. The highest BCUT2D eigenvalue weighted by Gasteiger charge is 2.24. The summed E-state index contributed by atoms with van der Waals surface area (Å²) in [4.78, 5) is 23.9. The SMILES string of the molecule is CC(=O)CNc1cc(N(C)C2CCN(C)C2)ncn1. The van der Waals surface area contributed by atoms with E-state index in [-0.39, 0.29) is 5.78 Å². The highest BCUT2D eigenvalue weighted by Crippen LogP contribution is 2.20. The Kier molecular flexibility index (Phi) is 4.31. The summed E-state index contributed by atoms with van der Waals surface area (Å²) in [6.45, 7) is 4.02. The molecule has 6 nitrogen and oxygen atoms in total. The Hall–Kier alpha value is -1.69. The summed E-state index contributed by atoms with van der Waals surface area (Å²) < 4.78 is 0. The lowest BCUT2D eigenvalue weighted by molar-refractivity contribution is -0.115. The second-order valence-electron chi connectivity index (χ2n) is 5.13. The molecule has 0 aromatic carbocycles. The molecule has 104 valence electrons. The largest absolute Gasteiger partial charge is 0.363 e. The van der Waals surface area contributed by atoms with Crippen molar-refractivity contribution in [2.45, 2.75) is 19.4 Å². The second-order valence-corrected chi connectivity index (χ2v) is 5.13. The normalized spacial score (nSPS) is 19.4. The number of aromatic nitrogens is 2. The van der Waals surface area contributed by atoms with Gasteiger partial charge in [-0.3, -0.25) is 4.79 Å². The van der Waals surface area contributed by atoms with E-state index in [4.69, 9.17) is 0 Å². The molecule has 2 rings (SSSR count). The summed E-state index contributed by atoms with van der Waals surface area (Å²) in [5.74, 6) is 1.67. The molecule has 0 spiro atoms. The molecule has 6 heteroatoms. The van der Waals surface area contributed by atoms with E-state index in [9.17, 15) is 4.79 Å². The Labute approximate surface area is 113 Å². The van der Waals surface area contributed by atoms with Crippen molar-refractivity contribution >= 4 is 17.4 Å². The predicted molar refractivity (Wildman–Crippen MR) is 75.5 cm³/mol. The Morgan fingerprint density at radius 2 is 2.37 bits per heavy atom. The van der Waals surface area contributed by atoms with E-state index in [1.807, 2.05) is 6.07 Å². The van der Waals surface area contributed by atoms with E-state index >= 15 is 0 Å². The van der Waals surface area contributed by atoms with Gasteiger partial charge in [-0.05, 0) is 26.9 Å². The molecule has 1 saturated heterocycles. The number of likely N-dealkylation sites (tertiary alicyclic amines) is 1. The van der Waals surface area contributed by atoms with Crippen molar-refractivity contribution in [1.29, 1.82) is 0 Å². The molecule has 1 fully saturated rings. The molecule has 19 heavy (non-hydrogen) atoms. The lowest BCUT2D eigenvalue weighted by Gasteiger charge is -2.25. The van der Waals surface area contributed by atoms with E-state index in [1.54, 1.807) is 6.92 Å². The van der Waals surface area contributed by atoms with E-state index in [0.29, 0.717) is 18.4 Å². The van der Waals surface area contributed by atoms with Crippen LogP contribution in [-0.4, -0.2) is 60.4 Å². The van der Waals surface area contributed by atoms with Crippen molar-refractivity contribution < 1.29 is 4.79 Å². The van der Waals surface area contributed by atoms with Gasteiger partial charge in [0.25, 0.3) is 0 Å². The maximum Gasteiger partial charge on any atom is 0.148 e. The molecule has 1 aliphatic heterocycles. The van der Waals surface area contributed by atoms with Gasteiger partial charge in [0, 0.05) is 25.7 Å². The third-order valence-electron chi connectivity index (χ3n) is 3.45. The van der Waals surface area contributed by atoms with Gasteiger partial charge in [0.05, 0.1) is 6.54 Å². The number of Topliss-reactive ketones (excluding diaryl/α,β-unsaturated/α-hetero) is 1. The van der Waals surface area contributed by atoms with E-state index in [1.165, 1.54) is 6.33 Å². The molecular weight excluding hydrogens is 242 g/mol. The van der Waals surface area contributed by atoms with Gasteiger partial charge >= 0.3 is 0 Å². The van der Waals surface area contributed by atoms with E-state index in [2.05, 4.69) is 39.2 Å². The van der Waals surface area contributed by atoms with Gasteiger partial charge in [-0.15, -0.1) is 0 Å². The smallest absolute Gasteiger partial charge is 0.148 e. The fourth-order valence-corrected chi connectivity index (χ4v) is 2.27. The molecule has 1 atom stereocenters. The minimum atomic E-state index is 0.0888. The summed E-state index contributed by atoms with van der Waals surface area (Å²) in [6.07, 6.45) is 2.68. The van der Waals surface area contributed by atoms with Crippen LogP contribution in [0.4, 0.5) is 11.6 Å². The van der Waals surface area contributed by atoms with Crippen molar-refractivity contribution in [3.8, 4) is 0 Å². The van der Waals surface area contributed by atoms with Gasteiger partial charge in [0.2, 0.25) is 0 Å². The van der Waals surface area contributed by atoms with Gasteiger partial charge in [-0.25, -0.2) is 9.97 Å². The number of anilines is 2. The van der Waals surface area contributed by atoms with Crippen LogP contribution in [0.2, 0.25) is 0 Å². The van der Waals surface area contributed by atoms with Crippen LogP contribution in [0.3, 0.4) is 0 Å². The standard InChI is InChI=1S/C13H21N5O/c1-10(19)7-14-12-6-13(16-9-15-12)18(3)11-4-5-17(2)8-11/h6,9,11H,4-5,7-8H2,1-3H3,(H,14,15,16). The molecular formula is C13H21N5O. The molecule has 1 aliphatic rings. The van der Waals surface area contributed by atoms with Crippen molar-refractivity contribution in [1.82, 2.24) is 14.9 Å². The number of rotatable bonds is 5. The fourth-order valence-electron chi connectivity index (χ4n) is 2.27. The third-order valence-corrected chi connectivity index (χ3v) is 3.45. The topological polar surface area (TPSA) is 61.4 Å². The zero-order valence-electron chi connectivity index (χ0n) is 11.8. The number of carbonyl (C=O) groups is 1. The minimum Gasteiger partial charge on any atom is -0.363 e. The van der Waals surface area contributed by atoms with Crippen LogP contribution in [0.15, 0.2) is 12.4 Å². The predicted octanol–water partition coefficient (Wildman–Crippen LogP) is 0.618. The van der Waals surface area contributed by atoms with Crippen LogP contribution in [0.1, 0.15) is 13.3 Å². The highest BCUT2D eigenvalue weighted by molar-refractivity contribution is 5.80. The summed E-state index contributed by atoms with van der Waals surface area (Å²) in [7, 11) is 4.19. The maximum absolute atomic E-state index is 11.0. The van der Waals surface area contributed by atoms with Crippen molar-refractivity contribution in [2.75, 3.05) is 43.9 Å². The molecule has 0 aliphatic carbocycles. The van der Waals surface area contributed by atoms with Gasteiger partial charge in [-0.1, -0.05) is 0 Å². The van der Waals surface area contributed by atoms with Crippen LogP contribution in [0, 0.1) is 0 Å². The Morgan fingerprint density at radius 3 is 3.00 bits per heavy atom. The molecule has 2 heterocycles. The average molecular weight is 263 g/mol. The Morgan fingerprint density at radius 1 is 1.58 bits per heavy atom. The third kappa shape index (κ3) is 3.64. The maximum atomic E-state index is 11.0. The zero-order chi connectivity index (χ0) is 13.8. The van der Waals surface area contributed by atoms with Gasteiger partial charge in [0.15, 0.2) is 0 Å². The molecule has 1 unspecified atom stereocenters. The lowest BCUT2D eigenvalue weighted by Crippen LogP contribution is -2.34. The molecule has 1 aromatic rings. The second kappa shape index (κ2) is 5.97. The monoisotopic (exact) mass is 263 g/mol. The van der Waals surface area contributed by atoms with Gasteiger partial charge in [-0.2, -0.15) is 0 Å². The molecule has 1 aromatic heterocycles. The summed E-state index contributed by atoms with van der Waals surface area (Å²) in [6, 6.07) is 2.38. The fraction of sp³-hybridized carbons (Fsp3) is 0.615. The lowest BCUT2D eigenvalue weighted by atomic mass is 10.2. The van der Waals surface area contributed by atoms with Crippen LogP contribution in [0.5, 0.6) is 0 Å². The minimum absolute atomic E-state index is 0.0888. The number of hydrogen-bond acceptors (Lipinski definition) is 6. The molecule has 0 radical (unpaired) electrons. The quantitative estimate of drug-likeness (QED) is 0.840. The number of ketones is 1. The number of hydrogen-bond donors (Lipinski definition) is 1. The number of nitrogens with zero attached hydrogens (tertiary/aromatic N) is 4. The zero-order valence-corrected chi connectivity index (χ0v) is 11.8. The summed E-state index contributed by atoms with van der Waals surface area (Å²) in [5.41, 5.74) is 0. The van der Waals surface area contributed by atoms with E-state index < -0.39 is 0 Å². The van der Waals surface area contributed by atoms with Crippen molar-refractivity contribution in [3.05, 3.63) is 12.4 Å². The van der Waals surface area contributed by atoms with Gasteiger partial charge in [0.1, 0.15) is 23.7 Å². The van der Waals surface area contributed by atoms with Crippen LogP contribution in [0.25, 0.3) is 0 Å². The first-order chi connectivity index (χ1) is 9.06. The molecule has 0 amide bonds. The first kappa shape index (κ1) is 13.7. The first-order valence-electron chi connectivity index (χ1n) is 6.53. The summed E-state index contributed by atoms with van der Waals surface area (Å²) in [5, 5.41) is 3.00. The van der Waals surface area contributed by atoms with Crippen LogP contribution in [-0.2, 0) is 4.79 Å². The van der Waals surface area contributed by atoms with Gasteiger partial charge < -0.3 is 15.1 Å². The Bertz CT molecular complexity index is 450. The Balaban J connectivity index is 2.03. The van der Waals surface area contributed by atoms with Crippen molar-refractivity contribution in [2.24, 2.45) is 0 Å². The average Bonchev–Trinajstić information content (AvgIpc) is 2.82. The van der Waals surface area contributed by atoms with Crippen LogP contribution < -0.4 is 10.2 Å². The number of nitrogens with one attached hydrogen (secondary N) is 1. The molecule has 1 N–H and O–H groups in total. The molecule has 0 saturated carbocycles. The first-order valence-corrected chi connectivity index (χ1v) is 6.53. The van der Waals surface area contributed by atoms with E-state index in [0.717, 1.165) is 25.3 Å². The number of carbonyl (C=O) groups excluding carboxylic acids is 1. The van der Waals surface area contributed by atoms with Crippen LogP contribution >= 0.6 is 0 Å². The van der Waals surface area contributed by atoms with Crippen molar-refractivity contribution in [3.63, 3.8) is 0 Å². The highest BCUT2D eigenvalue weighted by atomic mass is 16.1. The number of likely N-dealkylation sites (N-methyl/N-ethyl adjacent to an activating group) is 2. The molecule has 0 bridgehead atoms.